The van der Waals surface area contributed by atoms with Gasteiger partial charge in [-0.15, -0.1) is 22.7 Å². The van der Waals surface area contributed by atoms with Crippen molar-refractivity contribution in [3.8, 4) is 10.6 Å². The summed E-state index contributed by atoms with van der Waals surface area (Å²) in [4.78, 5) is 30.0. The van der Waals surface area contributed by atoms with Gasteiger partial charge in [0.2, 0.25) is 0 Å². The number of hydrogen-bond acceptors (Lipinski definition) is 8. The van der Waals surface area contributed by atoms with E-state index in [-0.39, 0.29) is 5.57 Å². The summed E-state index contributed by atoms with van der Waals surface area (Å²) in [6.07, 6.45) is 5.31. The number of rotatable bonds is 3. The number of thiazole rings is 1. The van der Waals surface area contributed by atoms with Crippen LogP contribution in [0, 0.1) is 0 Å². The van der Waals surface area contributed by atoms with E-state index in [1.165, 1.54) is 17.5 Å². The minimum atomic E-state index is -1.06. The summed E-state index contributed by atoms with van der Waals surface area (Å²) in [6.45, 7) is 0. The van der Waals surface area contributed by atoms with E-state index in [0.717, 1.165) is 29.8 Å². The number of ether oxygens (including phenoxy) is 2. The van der Waals surface area contributed by atoms with E-state index >= 15 is 0 Å². The van der Waals surface area contributed by atoms with Crippen molar-refractivity contribution in [2.24, 2.45) is 0 Å². The molecule has 1 N–H and O–H groups in total. The highest BCUT2D eigenvalue weighted by atomic mass is 32.1. The third kappa shape index (κ3) is 3.32. The summed E-state index contributed by atoms with van der Waals surface area (Å²) in [5, 5.41) is 7.39. The Morgan fingerprint density at radius 1 is 1.12 bits per heavy atom. The molecule has 1 aliphatic heterocycles. The summed E-state index contributed by atoms with van der Waals surface area (Å²) >= 11 is 3.00. The lowest BCUT2D eigenvalue weighted by atomic mass is 9.93. The van der Waals surface area contributed by atoms with Gasteiger partial charge in [-0.3, -0.25) is 0 Å². The first kappa shape index (κ1) is 16.3. The Bertz CT molecular complexity index is 798. The van der Waals surface area contributed by atoms with Gasteiger partial charge in [0, 0.05) is 24.4 Å². The Morgan fingerprint density at radius 2 is 1.88 bits per heavy atom. The lowest BCUT2D eigenvalue weighted by Gasteiger charge is -2.38. The molecule has 2 aromatic heterocycles. The van der Waals surface area contributed by atoms with Gasteiger partial charge < -0.3 is 14.8 Å². The number of hydrogen-bond donors (Lipinski definition) is 1. The first-order valence-corrected chi connectivity index (χ1v) is 9.84. The second kappa shape index (κ2) is 6.61. The Kier molecular flexibility index (Phi) is 4.30. The summed E-state index contributed by atoms with van der Waals surface area (Å²) in [5.74, 6) is -2.33. The second-order valence-electron chi connectivity index (χ2n) is 5.97. The Hall–Kier alpha value is -2.19. The van der Waals surface area contributed by atoms with Crippen LogP contribution in [0.15, 0.2) is 34.7 Å². The van der Waals surface area contributed by atoms with E-state index in [2.05, 4.69) is 10.3 Å². The van der Waals surface area contributed by atoms with Gasteiger partial charge in [-0.05, 0) is 24.3 Å². The standard InChI is InChI=1S/C17H16N2O4S2/c20-14-11(15(21)23-17(22-14)6-2-1-3-7-17)9-18-16-19-12(10-25-16)13-5-4-8-24-13/h4-5,8-10H,1-3,6-7H2,(H,18,19). The number of anilines is 1. The average molecular weight is 376 g/mol. The fourth-order valence-corrected chi connectivity index (χ4v) is 4.42. The van der Waals surface area contributed by atoms with Crippen molar-refractivity contribution < 1.29 is 19.1 Å². The number of esters is 2. The van der Waals surface area contributed by atoms with Crippen LogP contribution in [0.25, 0.3) is 10.6 Å². The molecule has 0 atom stereocenters. The first-order valence-electron chi connectivity index (χ1n) is 8.08. The number of thiophene rings is 1. The molecule has 25 heavy (non-hydrogen) atoms. The third-order valence-corrected chi connectivity index (χ3v) is 5.90. The monoisotopic (exact) mass is 376 g/mol. The molecule has 0 amide bonds. The quantitative estimate of drug-likeness (QED) is 0.497. The Balaban J connectivity index is 1.46. The van der Waals surface area contributed by atoms with E-state index < -0.39 is 17.7 Å². The highest BCUT2D eigenvalue weighted by Gasteiger charge is 2.46. The van der Waals surface area contributed by atoms with Crippen LogP contribution in [-0.4, -0.2) is 22.7 Å². The van der Waals surface area contributed by atoms with Crippen LogP contribution in [0.5, 0.6) is 0 Å². The number of nitrogens with one attached hydrogen (secondary N) is 1. The first-order chi connectivity index (χ1) is 12.2. The smallest absolute Gasteiger partial charge is 0.350 e. The highest BCUT2D eigenvalue weighted by molar-refractivity contribution is 7.15. The highest BCUT2D eigenvalue weighted by Crippen LogP contribution is 2.37. The fourth-order valence-electron chi connectivity index (χ4n) is 2.98. The molecule has 6 nitrogen and oxygen atoms in total. The summed E-state index contributed by atoms with van der Waals surface area (Å²) in [7, 11) is 0. The van der Waals surface area contributed by atoms with E-state index in [9.17, 15) is 9.59 Å². The maximum atomic E-state index is 12.2. The lowest BCUT2D eigenvalue weighted by molar-refractivity contribution is -0.244. The zero-order chi connectivity index (χ0) is 17.3. The molecule has 1 spiro atoms. The fraction of sp³-hybridized carbons (Fsp3) is 0.353. The molecule has 3 heterocycles. The molecule has 1 saturated heterocycles. The van der Waals surface area contributed by atoms with Gasteiger partial charge in [0.05, 0.1) is 10.6 Å². The summed E-state index contributed by atoms with van der Waals surface area (Å²) in [6, 6.07) is 3.95. The van der Waals surface area contributed by atoms with Gasteiger partial charge in [0.15, 0.2) is 10.7 Å². The third-order valence-electron chi connectivity index (χ3n) is 4.23. The molecule has 130 valence electrons. The number of carbonyl (C=O) groups excluding carboxylic acids is 2. The van der Waals surface area contributed by atoms with Crippen molar-refractivity contribution >= 4 is 39.7 Å². The molecular formula is C17H16N2O4S2. The van der Waals surface area contributed by atoms with Crippen molar-refractivity contribution in [1.82, 2.24) is 4.98 Å². The normalized spacial score (nSPS) is 19.4. The zero-order valence-corrected chi connectivity index (χ0v) is 15.0. The van der Waals surface area contributed by atoms with Crippen molar-refractivity contribution in [2.45, 2.75) is 37.9 Å². The largest absolute Gasteiger partial charge is 0.419 e. The minimum Gasteiger partial charge on any atom is -0.419 e. The van der Waals surface area contributed by atoms with Crippen molar-refractivity contribution in [3.63, 3.8) is 0 Å². The minimum absolute atomic E-state index is 0.135. The Morgan fingerprint density at radius 3 is 2.56 bits per heavy atom. The van der Waals surface area contributed by atoms with E-state index in [0.29, 0.717) is 18.0 Å². The van der Waals surface area contributed by atoms with Crippen LogP contribution in [0.3, 0.4) is 0 Å². The summed E-state index contributed by atoms with van der Waals surface area (Å²) in [5.41, 5.74) is 0.722. The maximum Gasteiger partial charge on any atom is 0.350 e. The van der Waals surface area contributed by atoms with Crippen LogP contribution in [0.2, 0.25) is 0 Å². The van der Waals surface area contributed by atoms with Gasteiger partial charge in [0.1, 0.15) is 0 Å². The van der Waals surface area contributed by atoms with Crippen molar-refractivity contribution in [2.75, 3.05) is 5.32 Å². The van der Waals surface area contributed by atoms with Crippen LogP contribution in [0.1, 0.15) is 32.1 Å². The zero-order valence-electron chi connectivity index (χ0n) is 13.3. The van der Waals surface area contributed by atoms with Crippen LogP contribution in [-0.2, 0) is 19.1 Å². The van der Waals surface area contributed by atoms with Gasteiger partial charge in [-0.2, -0.15) is 0 Å². The molecule has 0 unspecified atom stereocenters. The van der Waals surface area contributed by atoms with Gasteiger partial charge in [-0.25, -0.2) is 14.6 Å². The van der Waals surface area contributed by atoms with Crippen molar-refractivity contribution in [1.29, 1.82) is 0 Å². The Labute approximate surface area is 152 Å². The molecule has 2 aromatic rings. The SMILES string of the molecule is O=C1OC2(CCCCC2)OC(=O)C1=CNc1nc(-c2cccs2)cs1. The number of carbonyl (C=O) groups is 2. The maximum absolute atomic E-state index is 12.2. The predicted octanol–water partition coefficient (Wildman–Crippen LogP) is 3.93. The predicted molar refractivity (Wildman–Crippen MR) is 95.1 cm³/mol. The molecule has 2 aliphatic rings. The van der Waals surface area contributed by atoms with E-state index in [1.807, 2.05) is 22.9 Å². The van der Waals surface area contributed by atoms with Crippen LogP contribution < -0.4 is 5.32 Å². The van der Waals surface area contributed by atoms with Crippen LogP contribution >= 0.6 is 22.7 Å². The summed E-state index contributed by atoms with van der Waals surface area (Å²) < 4.78 is 10.9. The lowest BCUT2D eigenvalue weighted by Crippen LogP contribution is -2.47. The van der Waals surface area contributed by atoms with E-state index in [1.54, 1.807) is 11.3 Å². The van der Waals surface area contributed by atoms with Gasteiger partial charge in [-0.1, -0.05) is 12.5 Å². The van der Waals surface area contributed by atoms with Gasteiger partial charge in [0.25, 0.3) is 5.79 Å². The topological polar surface area (TPSA) is 77.5 Å². The van der Waals surface area contributed by atoms with Crippen molar-refractivity contribution in [3.05, 3.63) is 34.7 Å². The molecule has 4 rings (SSSR count). The number of aromatic nitrogens is 1. The average Bonchev–Trinajstić information content (AvgIpc) is 3.26. The second-order valence-corrected chi connectivity index (χ2v) is 7.77. The molecule has 0 aromatic carbocycles. The molecule has 8 heteroatoms. The molecule has 0 bridgehead atoms. The van der Waals surface area contributed by atoms with E-state index in [4.69, 9.17) is 9.47 Å². The van der Waals surface area contributed by atoms with Gasteiger partial charge >= 0.3 is 11.9 Å². The molecule has 1 saturated carbocycles. The number of nitrogens with zero attached hydrogens (tertiary/aromatic N) is 1. The molecule has 0 radical (unpaired) electrons. The molecule has 2 fully saturated rings. The molecule has 1 aliphatic carbocycles. The molecular weight excluding hydrogens is 360 g/mol. The van der Waals surface area contributed by atoms with Crippen LogP contribution in [0.4, 0.5) is 5.13 Å².